The molecule has 0 spiro atoms. The predicted molar refractivity (Wildman–Crippen MR) is 105 cm³/mol. The van der Waals surface area contributed by atoms with Gasteiger partial charge in [-0.2, -0.15) is 4.98 Å². The molecule has 1 fully saturated rings. The first-order valence-electron chi connectivity index (χ1n) is 9.35. The zero-order valence-corrected chi connectivity index (χ0v) is 16.3. The zero-order valence-electron chi connectivity index (χ0n) is 16.3. The monoisotopic (exact) mass is 391 g/mol. The molecule has 0 aliphatic carbocycles. The molecule has 1 aromatic carbocycles. The van der Waals surface area contributed by atoms with Crippen LogP contribution in [0, 0.1) is 6.92 Å². The number of aromatic nitrogens is 4. The van der Waals surface area contributed by atoms with E-state index in [0.717, 1.165) is 12.1 Å². The van der Waals surface area contributed by atoms with E-state index in [0.29, 0.717) is 42.0 Å². The molecule has 4 rings (SSSR count). The smallest absolute Gasteiger partial charge is 0.274 e. The van der Waals surface area contributed by atoms with Gasteiger partial charge in [-0.3, -0.25) is 9.78 Å². The Morgan fingerprint density at radius 3 is 2.83 bits per heavy atom. The van der Waals surface area contributed by atoms with Crippen LogP contribution in [-0.2, 0) is 0 Å². The maximum absolute atomic E-state index is 12.6. The Morgan fingerprint density at radius 1 is 1.17 bits per heavy atom. The van der Waals surface area contributed by atoms with Crippen LogP contribution in [0.4, 0.5) is 0 Å². The first kappa shape index (κ1) is 18.8. The number of rotatable bonds is 5. The van der Waals surface area contributed by atoms with E-state index in [-0.39, 0.29) is 11.8 Å². The molecule has 1 aliphatic rings. The molecule has 1 saturated heterocycles. The number of aryl methyl sites for hydroxylation is 1. The van der Waals surface area contributed by atoms with Crippen LogP contribution in [0.1, 0.15) is 34.3 Å². The molecule has 8 nitrogen and oxygen atoms in total. The Hall–Kier alpha value is -3.55. The SMILES string of the molecule is COc1cccc(Oc2cc(C)nc([C@H]3CCN(C(=O)c4cnccn4)C3)n2)c1. The second-order valence-electron chi connectivity index (χ2n) is 6.81. The van der Waals surface area contributed by atoms with Crippen LogP contribution in [0.15, 0.2) is 48.9 Å². The summed E-state index contributed by atoms with van der Waals surface area (Å²) in [5.41, 5.74) is 1.16. The number of benzene rings is 1. The summed E-state index contributed by atoms with van der Waals surface area (Å²) in [7, 11) is 1.61. The van der Waals surface area contributed by atoms with E-state index < -0.39 is 0 Å². The van der Waals surface area contributed by atoms with Crippen molar-refractivity contribution >= 4 is 5.91 Å². The van der Waals surface area contributed by atoms with Gasteiger partial charge in [0.2, 0.25) is 5.88 Å². The van der Waals surface area contributed by atoms with Crippen LogP contribution in [0.3, 0.4) is 0 Å². The third-order valence-electron chi connectivity index (χ3n) is 4.73. The van der Waals surface area contributed by atoms with Gasteiger partial charge in [0.25, 0.3) is 5.91 Å². The van der Waals surface area contributed by atoms with Crippen LogP contribution in [0.5, 0.6) is 17.4 Å². The Balaban J connectivity index is 1.50. The summed E-state index contributed by atoms with van der Waals surface area (Å²) in [6.45, 7) is 3.07. The number of amides is 1. The van der Waals surface area contributed by atoms with Crippen molar-refractivity contribution in [2.45, 2.75) is 19.3 Å². The Morgan fingerprint density at radius 2 is 2.03 bits per heavy atom. The Bertz CT molecular complexity index is 1010. The van der Waals surface area contributed by atoms with Crippen molar-refractivity contribution < 1.29 is 14.3 Å². The molecule has 0 unspecified atom stereocenters. The summed E-state index contributed by atoms with van der Waals surface area (Å²) in [4.78, 5) is 31.6. The van der Waals surface area contributed by atoms with Crippen molar-refractivity contribution in [3.8, 4) is 17.4 Å². The lowest BCUT2D eigenvalue weighted by Crippen LogP contribution is -2.29. The number of carbonyl (C=O) groups is 1. The van der Waals surface area contributed by atoms with Gasteiger partial charge < -0.3 is 14.4 Å². The Kier molecular flexibility index (Phi) is 5.33. The first-order valence-corrected chi connectivity index (χ1v) is 9.35. The van der Waals surface area contributed by atoms with Gasteiger partial charge in [-0.05, 0) is 25.5 Å². The van der Waals surface area contributed by atoms with Crippen LogP contribution in [0.2, 0.25) is 0 Å². The number of ether oxygens (including phenoxy) is 2. The average molecular weight is 391 g/mol. The van der Waals surface area contributed by atoms with Gasteiger partial charge in [0, 0.05) is 49.2 Å². The van der Waals surface area contributed by atoms with Crippen molar-refractivity contribution in [2.75, 3.05) is 20.2 Å². The normalized spacial score (nSPS) is 15.9. The molecule has 1 atom stereocenters. The minimum atomic E-state index is -0.124. The molecule has 0 N–H and O–H groups in total. The number of likely N-dealkylation sites (tertiary alicyclic amines) is 1. The molecule has 0 saturated carbocycles. The van der Waals surface area contributed by atoms with E-state index in [1.165, 1.54) is 12.4 Å². The minimum absolute atomic E-state index is 0.0446. The van der Waals surface area contributed by atoms with Crippen LogP contribution in [-0.4, -0.2) is 50.9 Å². The molecular formula is C21H21N5O3. The van der Waals surface area contributed by atoms with E-state index in [4.69, 9.17) is 9.47 Å². The number of carbonyl (C=O) groups excluding carboxylic acids is 1. The average Bonchev–Trinajstić information content (AvgIpc) is 3.24. The van der Waals surface area contributed by atoms with Crippen LogP contribution >= 0.6 is 0 Å². The number of hydrogen-bond acceptors (Lipinski definition) is 7. The van der Waals surface area contributed by atoms with E-state index >= 15 is 0 Å². The van der Waals surface area contributed by atoms with Crippen LogP contribution in [0.25, 0.3) is 0 Å². The number of methoxy groups -OCH3 is 1. The van der Waals surface area contributed by atoms with Crippen molar-refractivity contribution in [1.29, 1.82) is 0 Å². The van der Waals surface area contributed by atoms with E-state index in [9.17, 15) is 4.79 Å². The molecule has 0 radical (unpaired) electrons. The van der Waals surface area contributed by atoms with Crippen molar-refractivity contribution in [1.82, 2.24) is 24.8 Å². The highest BCUT2D eigenvalue weighted by Crippen LogP contribution is 2.29. The third kappa shape index (κ3) is 4.31. The quantitative estimate of drug-likeness (QED) is 0.660. The largest absolute Gasteiger partial charge is 0.497 e. The topological polar surface area (TPSA) is 90.3 Å². The van der Waals surface area contributed by atoms with Crippen molar-refractivity contribution in [3.63, 3.8) is 0 Å². The second kappa shape index (κ2) is 8.22. The molecule has 1 aliphatic heterocycles. The van der Waals surface area contributed by atoms with E-state index in [2.05, 4.69) is 19.9 Å². The highest BCUT2D eigenvalue weighted by molar-refractivity contribution is 5.92. The van der Waals surface area contributed by atoms with E-state index in [1.54, 1.807) is 30.3 Å². The van der Waals surface area contributed by atoms with Gasteiger partial charge >= 0.3 is 0 Å². The molecule has 148 valence electrons. The summed E-state index contributed by atoms with van der Waals surface area (Å²) in [5.74, 6) is 2.42. The fraction of sp³-hybridized carbons (Fsp3) is 0.286. The third-order valence-corrected chi connectivity index (χ3v) is 4.73. The molecule has 29 heavy (non-hydrogen) atoms. The van der Waals surface area contributed by atoms with Crippen LogP contribution < -0.4 is 9.47 Å². The van der Waals surface area contributed by atoms with Gasteiger partial charge in [0.1, 0.15) is 23.0 Å². The fourth-order valence-corrected chi connectivity index (χ4v) is 3.31. The van der Waals surface area contributed by atoms with Gasteiger partial charge in [-0.15, -0.1) is 0 Å². The lowest BCUT2D eigenvalue weighted by molar-refractivity contribution is 0.0784. The first-order chi connectivity index (χ1) is 14.1. The molecule has 1 amide bonds. The summed E-state index contributed by atoms with van der Waals surface area (Å²) in [5, 5.41) is 0. The standard InChI is InChI=1S/C21H21N5O3/c1-14-10-19(29-17-5-3-4-16(11-17)28-2)25-20(24-14)15-6-9-26(13-15)21(27)18-12-22-7-8-23-18/h3-5,7-8,10-12,15H,6,9,13H2,1-2H3/t15-/m0/s1. The lowest BCUT2D eigenvalue weighted by Gasteiger charge is -2.16. The summed E-state index contributed by atoms with van der Waals surface area (Å²) in [6.07, 6.45) is 5.34. The highest BCUT2D eigenvalue weighted by Gasteiger charge is 2.30. The molecule has 3 aromatic rings. The predicted octanol–water partition coefficient (Wildman–Crippen LogP) is 3.01. The summed E-state index contributed by atoms with van der Waals surface area (Å²) in [6, 6.07) is 9.14. The number of hydrogen-bond donors (Lipinski definition) is 0. The molecule has 8 heteroatoms. The molecule has 0 bridgehead atoms. The zero-order chi connectivity index (χ0) is 20.2. The minimum Gasteiger partial charge on any atom is -0.497 e. The second-order valence-corrected chi connectivity index (χ2v) is 6.81. The van der Waals surface area contributed by atoms with Gasteiger partial charge in [0.05, 0.1) is 13.3 Å². The van der Waals surface area contributed by atoms with E-state index in [1.807, 2.05) is 25.1 Å². The van der Waals surface area contributed by atoms with Crippen molar-refractivity contribution in [3.05, 3.63) is 66.1 Å². The summed E-state index contributed by atoms with van der Waals surface area (Å²) >= 11 is 0. The maximum Gasteiger partial charge on any atom is 0.274 e. The van der Waals surface area contributed by atoms with Gasteiger partial charge in [-0.25, -0.2) is 9.97 Å². The Labute approximate surface area is 168 Å². The van der Waals surface area contributed by atoms with Gasteiger partial charge in [-0.1, -0.05) is 6.07 Å². The molecule has 2 aromatic heterocycles. The highest BCUT2D eigenvalue weighted by atomic mass is 16.5. The summed E-state index contributed by atoms with van der Waals surface area (Å²) < 4.78 is 11.1. The fourth-order valence-electron chi connectivity index (χ4n) is 3.31. The number of nitrogens with zero attached hydrogens (tertiary/aromatic N) is 5. The maximum atomic E-state index is 12.6. The lowest BCUT2D eigenvalue weighted by atomic mass is 10.1. The van der Waals surface area contributed by atoms with Crippen molar-refractivity contribution in [2.24, 2.45) is 0 Å². The molecule has 3 heterocycles. The molecular weight excluding hydrogens is 370 g/mol. The van der Waals surface area contributed by atoms with Gasteiger partial charge in [0.15, 0.2) is 0 Å².